The van der Waals surface area contributed by atoms with Gasteiger partial charge in [-0.25, -0.2) is 4.39 Å². The molecule has 3 aromatic rings. The van der Waals surface area contributed by atoms with Crippen molar-refractivity contribution in [1.29, 1.82) is 0 Å². The monoisotopic (exact) mass is 387 g/mol. The summed E-state index contributed by atoms with van der Waals surface area (Å²) in [5, 5.41) is 12.2. The maximum atomic E-state index is 13.4. The van der Waals surface area contributed by atoms with Crippen LogP contribution in [0.1, 0.15) is 11.1 Å². The second-order valence-corrected chi connectivity index (χ2v) is 5.99. The summed E-state index contributed by atoms with van der Waals surface area (Å²) < 4.78 is 13.4. The number of rotatable bonds is 5. The smallest absolute Gasteiger partial charge is 0.307 e. The Balaban J connectivity index is 0.000000369. The molecule has 0 amide bonds. The molecular formula is C20H19ClFN3O2. The van der Waals surface area contributed by atoms with Crippen molar-refractivity contribution in [3.05, 3.63) is 89.0 Å². The number of anilines is 2. The predicted octanol–water partition coefficient (Wildman–Crippen LogP) is 4.39. The number of hydrogen-bond acceptors (Lipinski definition) is 4. The molecule has 27 heavy (non-hydrogen) atoms. The van der Waals surface area contributed by atoms with Gasteiger partial charge < -0.3 is 16.2 Å². The van der Waals surface area contributed by atoms with Crippen molar-refractivity contribution in [2.75, 3.05) is 5.32 Å². The maximum Gasteiger partial charge on any atom is 0.307 e. The van der Waals surface area contributed by atoms with Crippen molar-refractivity contribution in [2.24, 2.45) is 5.73 Å². The lowest BCUT2D eigenvalue weighted by Gasteiger charge is -2.10. The third kappa shape index (κ3) is 7.05. The predicted molar refractivity (Wildman–Crippen MR) is 105 cm³/mol. The molecule has 0 bridgehead atoms. The fraction of sp³-hybridized carbons (Fsp3) is 0.100. The van der Waals surface area contributed by atoms with Crippen LogP contribution in [0.2, 0.25) is 5.02 Å². The lowest BCUT2D eigenvalue weighted by Crippen LogP contribution is -2.02. The van der Waals surface area contributed by atoms with Gasteiger partial charge in [-0.05, 0) is 59.7 Å². The zero-order valence-corrected chi connectivity index (χ0v) is 15.2. The minimum absolute atomic E-state index is 0.175. The summed E-state index contributed by atoms with van der Waals surface area (Å²) in [7, 11) is 0. The molecule has 0 aliphatic carbocycles. The first-order valence-corrected chi connectivity index (χ1v) is 8.47. The number of carbonyl (C=O) groups is 1. The Bertz CT molecular complexity index is 865. The van der Waals surface area contributed by atoms with Gasteiger partial charge in [0.05, 0.1) is 6.42 Å². The zero-order valence-electron chi connectivity index (χ0n) is 14.4. The van der Waals surface area contributed by atoms with Crippen LogP contribution in [0.4, 0.5) is 15.8 Å². The number of nitrogens with zero attached hydrogens (tertiary/aromatic N) is 1. The van der Waals surface area contributed by atoms with Crippen LogP contribution in [0.3, 0.4) is 0 Å². The highest BCUT2D eigenvalue weighted by Crippen LogP contribution is 2.25. The van der Waals surface area contributed by atoms with E-state index in [4.69, 9.17) is 22.4 Å². The summed E-state index contributed by atoms with van der Waals surface area (Å²) in [4.78, 5) is 14.6. The summed E-state index contributed by atoms with van der Waals surface area (Å²) in [6.45, 7) is 0.233. The number of carboxylic acid groups (broad SMARTS) is 1. The Morgan fingerprint density at radius 2 is 1.85 bits per heavy atom. The molecule has 1 heterocycles. The summed E-state index contributed by atoms with van der Waals surface area (Å²) in [6.07, 6.45) is 3.32. The third-order valence-corrected chi connectivity index (χ3v) is 3.80. The minimum Gasteiger partial charge on any atom is -0.481 e. The number of aromatic nitrogens is 1. The first-order chi connectivity index (χ1) is 13.0. The zero-order chi connectivity index (χ0) is 19.6. The van der Waals surface area contributed by atoms with Crippen LogP contribution in [-0.4, -0.2) is 16.1 Å². The van der Waals surface area contributed by atoms with Gasteiger partial charge in [0.25, 0.3) is 0 Å². The van der Waals surface area contributed by atoms with Crippen LogP contribution in [0.15, 0.2) is 67.0 Å². The van der Waals surface area contributed by atoms with Crippen LogP contribution < -0.4 is 11.1 Å². The molecular weight excluding hydrogens is 369 g/mol. The average Bonchev–Trinajstić information content (AvgIpc) is 2.65. The van der Waals surface area contributed by atoms with Crippen LogP contribution in [0, 0.1) is 5.82 Å². The van der Waals surface area contributed by atoms with Crippen LogP contribution in [0.25, 0.3) is 0 Å². The summed E-state index contributed by atoms with van der Waals surface area (Å²) in [5.74, 6) is -1.36. The highest BCUT2D eigenvalue weighted by Gasteiger charge is 2.07. The van der Waals surface area contributed by atoms with Gasteiger partial charge in [-0.15, -0.1) is 0 Å². The van der Waals surface area contributed by atoms with Gasteiger partial charge in [-0.1, -0.05) is 17.7 Å². The van der Waals surface area contributed by atoms with Gasteiger partial charge in [0, 0.05) is 35.3 Å². The molecule has 0 saturated carbocycles. The van der Waals surface area contributed by atoms with Gasteiger partial charge in [0.15, 0.2) is 0 Å². The first-order valence-electron chi connectivity index (χ1n) is 8.09. The summed E-state index contributed by atoms with van der Waals surface area (Å²) in [5.41, 5.74) is 7.83. The van der Waals surface area contributed by atoms with E-state index in [2.05, 4.69) is 10.3 Å². The highest BCUT2D eigenvalue weighted by molar-refractivity contribution is 6.31. The van der Waals surface area contributed by atoms with Crippen molar-refractivity contribution < 1.29 is 14.3 Å². The van der Waals surface area contributed by atoms with Crippen molar-refractivity contribution in [1.82, 2.24) is 4.98 Å². The van der Waals surface area contributed by atoms with Crippen LogP contribution in [-0.2, 0) is 17.8 Å². The molecule has 0 saturated heterocycles. The molecule has 0 atom stereocenters. The van der Waals surface area contributed by atoms with Crippen LogP contribution in [0.5, 0.6) is 0 Å². The number of nitrogens with two attached hydrogens (primary N) is 1. The van der Waals surface area contributed by atoms with Gasteiger partial charge in [-0.2, -0.15) is 0 Å². The van der Waals surface area contributed by atoms with E-state index < -0.39 is 5.97 Å². The molecule has 140 valence electrons. The molecule has 0 aliphatic rings. The van der Waals surface area contributed by atoms with Crippen LogP contribution >= 0.6 is 11.6 Å². The molecule has 3 rings (SSSR count). The fourth-order valence-corrected chi connectivity index (χ4v) is 2.45. The van der Waals surface area contributed by atoms with Crippen molar-refractivity contribution in [3.63, 3.8) is 0 Å². The van der Waals surface area contributed by atoms with E-state index in [0.717, 1.165) is 0 Å². The molecule has 0 aliphatic heterocycles. The number of carboxylic acids is 1. The van der Waals surface area contributed by atoms with Gasteiger partial charge in [0.2, 0.25) is 0 Å². The van der Waals surface area contributed by atoms with E-state index in [1.54, 1.807) is 36.7 Å². The topological polar surface area (TPSA) is 88.2 Å². The molecule has 0 unspecified atom stereocenters. The largest absolute Gasteiger partial charge is 0.481 e. The number of halogens is 2. The SMILES string of the molecule is NCc1cc(F)cc(Nc2ccc(Cl)c(CC(=O)O)c2)c1.c1ccncc1. The van der Waals surface area contributed by atoms with E-state index in [0.29, 0.717) is 27.5 Å². The Morgan fingerprint density at radius 1 is 1.11 bits per heavy atom. The molecule has 2 aromatic carbocycles. The van der Waals surface area contributed by atoms with E-state index in [9.17, 15) is 9.18 Å². The number of hydrogen-bond donors (Lipinski definition) is 3. The molecule has 5 nitrogen and oxygen atoms in total. The van der Waals surface area contributed by atoms with E-state index in [-0.39, 0.29) is 18.8 Å². The standard InChI is InChI=1S/C15H14ClFN2O2.C5H5N/c16-14-2-1-12(5-10(14)6-15(20)21)19-13-4-9(8-18)3-11(17)7-13;1-2-4-6-5-3-1/h1-5,7,19H,6,8,18H2,(H,20,21);1-5H. The van der Waals surface area contributed by atoms with Gasteiger partial charge >= 0.3 is 5.97 Å². The van der Waals surface area contributed by atoms with Gasteiger partial charge in [0.1, 0.15) is 5.82 Å². The average molecular weight is 388 g/mol. The Hall–Kier alpha value is -2.96. The second kappa shape index (κ2) is 10.3. The summed E-state index contributed by atoms with van der Waals surface area (Å²) in [6, 6.07) is 15.1. The Morgan fingerprint density at radius 3 is 2.41 bits per heavy atom. The van der Waals surface area contributed by atoms with Crippen molar-refractivity contribution in [3.8, 4) is 0 Å². The normalized spacial score (nSPS) is 9.89. The fourth-order valence-electron chi connectivity index (χ4n) is 2.27. The molecule has 1 aromatic heterocycles. The molecule has 4 N–H and O–H groups in total. The molecule has 7 heteroatoms. The Kier molecular flexibility index (Phi) is 7.73. The maximum absolute atomic E-state index is 13.4. The van der Waals surface area contributed by atoms with Crippen molar-refractivity contribution in [2.45, 2.75) is 13.0 Å². The number of nitrogens with one attached hydrogen (secondary N) is 1. The number of aliphatic carboxylic acids is 1. The lowest BCUT2D eigenvalue weighted by atomic mass is 10.1. The summed E-state index contributed by atoms with van der Waals surface area (Å²) >= 11 is 5.95. The lowest BCUT2D eigenvalue weighted by molar-refractivity contribution is -0.136. The molecule has 0 radical (unpaired) electrons. The van der Waals surface area contributed by atoms with Gasteiger partial charge in [-0.3, -0.25) is 9.78 Å². The number of benzene rings is 2. The minimum atomic E-state index is -0.967. The quantitative estimate of drug-likeness (QED) is 0.604. The molecule has 0 spiro atoms. The molecule has 0 fully saturated rings. The highest BCUT2D eigenvalue weighted by atomic mass is 35.5. The van der Waals surface area contributed by atoms with E-state index in [1.165, 1.54) is 12.1 Å². The second-order valence-electron chi connectivity index (χ2n) is 5.58. The van der Waals surface area contributed by atoms with E-state index >= 15 is 0 Å². The Labute approximate surface area is 161 Å². The first kappa shape index (κ1) is 20.4. The third-order valence-electron chi connectivity index (χ3n) is 3.44. The van der Waals surface area contributed by atoms with E-state index in [1.807, 2.05) is 18.2 Å². The van der Waals surface area contributed by atoms with Crippen molar-refractivity contribution >= 4 is 28.9 Å². The number of pyridine rings is 1.